The molecule has 0 aliphatic carbocycles. The third kappa shape index (κ3) is 3.36. The first-order chi connectivity index (χ1) is 10.2. The van der Waals surface area contributed by atoms with Crippen LogP contribution in [-0.2, 0) is 10.0 Å². The first-order valence-corrected chi connectivity index (χ1v) is 8.11. The molecule has 0 atom stereocenters. The zero-order valence-corrected chi connectivity index (χ0v) is 13.7. The van der Waals surface area contributed by atoms with Crippen LogP contribution in [0, 0.1) is 19.7 Å². The summed E-state index contributed by atoms with van der Waals surface area (Å²) in [6.07, 6.45) is 2.08. The molecule has 2 aromatic rings. The molecular weight excluding hydrogens is 305 g/mol. The van der Waals surface area contributed by atoms with E-state index in [1.807, 2.05) is 45.0 Å². The van der Waals surface area contributed by atoms with E-state index in [1.165, 1.54) is 0 Å². The Kier molecular flexibility index (Phi) is 4.37. The predicted octanol–water partition coefficient (Wildman–Crippen LogP) is 2.70. The highest BCUT2D eigenvalue weighted by Gasteiger charge is 2.18. The second-order valence-corrected chi connectivity index (χ2v) is 6.98. The van der Waals surface area contributed by atoms with Crippen molar-refractivity contribution in [3.8, 4) is 0 Å². The molecule has 0 unspecified atom stereocenters. The van der Waals surface area contributed by atoms with E-state index in [-0.39, 0.29) is 4.90 Å². The molecule has 1 N–H and O–H groups in total. The van der Waals surface area contributed by atoms with Crippen LogP contribution < -0.4 is 9.62 Å². The quantitative estimate of drug-likeness (QED) is 0.940. The lowest BCUT2D eigenvalue weighted by atomic mass is 10.1. The Bertz CT molecular complexity index is 781. The molecule has 1 heterocycles. The minimum atomic E-state index is -3.88. The third-order valence-electron chi connectivity index (χ3n) is 3.26. The van der Waals surface area contributed by atoms with Crippen molar-refractivity contribution in [2.75, 3.05) is 23.7 Å². The van der Waals surface area contributed by atoms with E-state index >= 15 is 0 Å². The van der Waals surface area contributed by atoms with Gasteiger partial charge >= 0.3 is 0 Å². The Morgan fingerprint density at radius 3 is 2.18 bits per heavy atom. The lowest BCUT2D eigenvalue weighted by Gasteiger charge is -2.18. The molecule has 1 aromatic heterocycles. The highest BCUT2D eigenvalue weighted by molar-refractivity contribution is 7.92. The SMILES string of the molecule is Cc1cc(N(C)C)cc(C)c1NS(=O)(=O)c1cncc(F)c1. The van der Waals surface area contributed by atoms with Crippen LogP contribution in [0.4, 0.5) is 15.8 Å². The minimum Gasteiger partial charge on any atom is -0.378 e. The third-order valence-corrected chi connectivity index (χ3v) is 4.58. The number of aromatic nitrogens is 1. The van der Waals surface area contributed by atoms with E-state index in [0.717, 1.165) is 35.3 Å². The fourth-order valence-corrected chi connectivity index (χ4v) is 3.27. The monoisotopic (exact) mass is 323 g/mol. The minimum absolute atomic E-state index is 0.206. The van der Waals surface area contributed by atoms with Gasteiger partial charge in [0, 0.05) is 26.0 Å². The normalized spacial score (nSPS) is 11.3. The van der Waals surface area contributed by atoms with Crippen LogP contribution in [0.5, 0.6) is 0 Å². The van der Waals surface area contributed by atoms with Crippen molar-refractivity contribution in [3.63, 3.8) is 0 Å². The topological polar surface area (TPSA) is 62.3 Å². The van der Waals surface area contributed by atoms with Crippen molar-refractivity contribution in [1.29, 1.82) is 0 Å². The maximum absolute atomic E-state index is 13.2. The van der Waals surface area contributed by atoms with E-state index in [9.17, 15) is 12.8 Å². The van der Waals surface area contributed by atoms with Crippen LogP contribution in [0.1, 0.15) is 11.1 Å². The average Bonchev–Trinajstić information content (AvgIpc) is 2.42. The summed E-state index contributed by atoms with van der Waals surface area (Å²) >= 11 is 0. The number of anilines is 2. The Morgan fingerprint density at radius 1 is 1.09 bits per heavy atom. The summed E-state index contributed by atoms with van der Waals surface area (Å²) in [5.74, 6) is -0.695. The van der Waals surface area contributed by atoms with Crippen molar-refractivity contribution >= 4 is 21.4 Å². The van der Waals surface area contributed by atoms with Gasteiger partial charge in [0.2, 0.25) is 0 Å². The first-order valence-electron chi connectivity index (χ1n) is 6.62. The average molecular weight is 323 g/mol. The summed E-state index contributed by atoms with van der Waals surface area (Å²) in [6.45, 7) is 3.64. The number of benzene rings is 1. The molecule has 0 aliphatic heterocycles. The molecular formula is C15H18FN3O2S. The van der Waals surface area contributed by atoms with E-state index in [2.05, 4.69) is 9.71 Å². The zero-order chi connectivity index (χ0) is 16.5. The highest BCUT2D eigenvalue weighted by Crippen LogP contribution is 2.28. The van der Waals surface area contributed by atoms with Gasteiger partial charge in [-0.3, -0.25) is 9.71 Å². The number of hydrogen-bond acceptors (Lipinski definition) is 4. The molecule has 0 saturated heterocycles. The summed E-state index contributed by atoms with van der Waals surface area (Å²) in [4.78, 5) is 5.31. The van der Waals surface area contributed by atoms with Crippen LogP contribution in [0.15, 0.2) is 35.5 Å². The molecule has 118 valence electrons. The summed E-state index contributed by atoms with van der Waals surface area (Å²) in [5, 5.41) is 0. The maximum Gasteiger partial charge on any atom is 0.263 e. The Hall–Kier alpha value is -2.15. The van der Waals surface area contributed by atoms with Crippen LogP contribution in [-0.4, -0.2) is 27.5 Å². The lowest BCUT2D eigenvalue weighted by Crippen LogP contribution is -2.16. The van der Waals surface area contributed by atoms with Crippen molar-refractivity contribution in [1.82, 2.24) is 4.98 Å². The van der Waals surface area contributed by atoms with Gasteiger partial charge in [0.15, 0.2) is 0 Å². The number of halogens is 1. The molecule has 0 radical (unpaired) electrons. The van der Waals surface area contributed by atoms with Crippen molar-refractivity contribution in [3.05, 3.63) is 47.5 Å². The van der Waals surface area contributed by atoms with Gasteiger partial charge in [-0.1, -0.05) is 0 Å². The predicted molar refractivity (Wildman–Crippen MR) is 85.2 cm³/mol. The van der Waals surface area contributed by atoms with Crippen molar-refractivity contribution < 1.29 is 12.8 Å². The number of pyridine rings is 1. The van der Waals surface area contributed by atoms with Gasteiger partial charge in [0.05, 0.1) is 11.9 Å². The molecule has 0 aliphatic rings. The molecule has 2 rings (SSSR count). The first kappa shape index (κ1) is 16.2. The second-order valence-electron chi connectivity index (χ2n) is 5.29. The lowest BCUT2D eigenvalue weighted by molar-refractivity contribution is 0.592. The molecule has 22 heavy (non-hydrogen) atoms. The van der Waals surface area contributed by atoms with Crippen molar-refractivity contribution in [2.45, 2.75) is 18.7 Å². The summed E-state index contributed by atoms with van der Waals surface area (Å²) in [6, 6.07) is 4.71. The molecule has 0 bridgehead atoms. The number of hydrogen-bond donors (Lipinski definition) is 1. The molecule has 0 amide bonds. The van der Waals surface area contributed by atoms with Gasteiger partial charge in [-0.2, -0.15) is 0 Å². The number of sulfonamides is 1. The van der Waals surface area contributed by atoms with E-state index in [0.29, 0.717) is 5.69 Å². The molecule has 0 saturated carbocycles. The van der Waals surface area contributed by atoms with Crippen LogP contribution in [0.25, 0.3) is 0 Å². The summed E-state index contributed by atoms with van der Waals surface area (Å²) < 4.78 is 40.4. The molecule has 7 heteroatoms. The van der Waals surface area contributed by atoms with Crippen LogP contribution >= 0.6 is 0 Å². The summed E-state index contributed by atoms with van der Waals surface area (Å²) in [7, 11) is -0.0537. The van der Waals surface area contributed by atoms with E-state index in [4.69, 9.17) is 0 Å². The number of nitrogens with one attached hydrogen (secondary N) is 1. The van der Waals surface area contributed by atoms with Gasteiger partial charge in [-0.05, 0) is 43.2 Å². The standard InChI is InChI=1S/C15H18FN3O2S/c1-10-5-13(19(3)4)6-11(2)15(10)18-22(20,21)14-7-12(16)8-17-9-14/h5-9,18H,1-4H3. The highest BCUT2D eigenvalue weighted by atomic mass is 32.2. The second kappa shape index (κ2) is 5.92. The van der Waals surface area contributed by atoms with E-state index in [1.54, 1.807) is 0 Å². The number of rotatable bonds is 4. The summed E-state index contributed by atoms with van der Waals surface area (Å²) in [5.41, 5.74) is 3.05. The van der Waals surface area contributed by atoms with Crippen LogP contribution in [0.2, 0.25) is 0 Å². The molecule has 1 aromatic carbocycles. The van der Waals surface area contributed by atoms with Gasteiger partial charge in [0.25, 0.3) is 10.0 Å². The maximum atomic E-state index is 13.2. The Morgan fingerprint density at radius 2 is 1.68 bits per heavy atom. The number of aryl methyl sites for hydroxylation is 2. The van der Waals surface area contributed by atoms with Gasteiger partial charge in [-0.15, -0.1) is 0 Å². The van der Waals surface area contributed by atoms with Gasteiger partial charge in [-0.25, -0.2) is 12.8 Å². The largest absolute Gasteiger partial charge is 0.378 e. The van der Waals surface area contributed by atoms with Crippen molar-refractivity contribution in [2.24, 2.45) is 0 Å². The smallest absolute Gasteiger partial charge is 0.263 e. The number of nitrogens with zero attached hydrogens (tertiary/aromatic N) is 2. The Labute approximate surface area is 129 Å². The fraction of sp³-hybridized carbons (Fsp3) is 0.267. The molecule has 0 spiro atoms. The Balaban J connectivity index is 2.42. The molecule has 0 fully saturated rings. The fourth-order valence-electron chi connectivity index (χ4n) is 2.09. The van der Waals surface area contributed by atoms with Crippen LogP contribution in [0.3, 0.4) is 0 Å². The molecule has 5 nitrogen and oxygen atoms in total. The van der Waals surface area contributed by atoms with Gasteiger partial charge in [0.1, 0.15) is 10.7 Å². The van der Waals surface area contributed by atoms with Gasteiger partial charge < -0.3 is 4.90 Å². The zero-order valence-electron chi connectivity index (χ0n) is 12.9. The van der Waals surface area contributed by atoms with E-state index < -0.39 is 15.8 Å².